The lowest BCUT2D eigenvalue weighted by Crippen LogP contribution is -1.87. The molecule has 9 heavy (non-hydrogen) atoms. The first-order valence-corrected chi connectivity index (χ1v) is 3.42. The van der Waals surface area contributed by atoms with Crippen molar-refractivity contribution < 1.29 is 4.79 Å². The minimum atomic E-state index is 0.620. The van der Waals surface area contributed by atoms with Crippen LogP contribution in [0.1, 0.15) is 15.2 Å². The van der Waals surface area contributed by atoms with Gasteiger partial charge in [-0.25, -0.2) is 0 Å². The van der Waals surface area contributed by atoms with Gasteiger partial charge in [0.05, 0.1) is 10.6 Å². The molecule has 0 aliphatic heterocycles. The van der Waals surface area contributed by atoms with Crippen molar-refractivity contribution in [3.8, 4) is 0 Å². The highest BCUT2D eigenvalue weighted by Crippen LogP contribution is 2.21. The van der Waals surface area contributed by atoms with Gasteiger partial charge in [0.2, 0.25) is 0 Å². The predicted molar refractivity (Wildman–Crippen MR) is 38.9 cm³/mol. The topological polar surface area (TPSA) is 43.1 Å². The van der Waals surface area contributed by atoms with Crippen LogP contribution in [0, 0.1) is 6.92 Å². The second-order valence-electron chi connectivity index (χ2n) is 1.81. The molecule has 1 heterocycles. The molecule has 2 N–H and O–H groups in total. The molecule has 0 unspecified atom stereocenters. The Morgan fingerprint density at radius 1 is 1.78 bits per heavy atom. The molecule has 1 rings (SSSR count). The highest BCUT2D eigenvalue weighted by molar-refractivity contribution is 7.12. The monoisotopic (exact) mass is 141 g/mol. The highest BCUT2D eigenvalue weighted by atomic mass is 32.1. The Labute approximate surface area is 57.3 Å². The molecule has 0 saturated carbocycles. The lowest BCUT2D eigenvalue weighted by molar-refractivity contribution is 0.112. The Morgan fingerprint density at radius 2 is 2.44 bits per heavy atom. The maximum Gasteiger partial charge on any atom is 0.162 e. The van der Waals surface area contributed by atoms with Crippen LogP contribution in [0.5, 0.6) is 0 Å². The number of hydrogen-bond acceptors (Lipinski definition) is 3. The van der Waals surface area contributed by atoms with Crippen molar-refractivity contribution in [2.45, 2.75) is 6.92 Å². The smallest absolute Gasteiger partial charge is 0.162 e. The third-order valence-corrected chi connectivity index (χ3v) is 2.20. The van der Waals surface area contributed by atoms with E-state index in [2.05, 4.69) is 0 Å². The zero-order valence-electron chi connectivity index (χ0n) is 5.05. The lowest BCUT2D eigenvalue weighted by Gasteiger charge is -1.86. The van der Waals surface area contributed by atoms with Crippen LogP contribution >= 0.6 is 11.3 Å². The Bertz CT molecular complexity index is 229. The molecule has 3 heteroatoms. The standard InChI is InChI=1S/C6H7NOS/c1-4-3-9-5(2-8)6(4)7/h2-3H,7H2,1H3. The first kappa shape index (κ1) is 6.29. The lowest BCUT2D eigenvalue weighted by atomic mass is 10.3. The summed E-state index contributed by atoms with van der Waals surface area (Å²) in [4.78, 5) is 10.8. The number of nitrogens with two attached hydrogens (primary N) is 1. The van der Waals surface area contributed by atoms with Gasteiger partial charge >= 0.3 is 0 Å². The van der Waals surface area contributed by atoms with E-state index in [9.17, 15) is 4.79 Å². The summed E-state index contributed by atoms with van der Waals surface area (Å²) in [6.07, 6.45) is 0.785. The first-order chi connectivity index (χ1) is 4.25. The molecule has 0 amide bonds. The van der Waals surface area contributed by atoms with Crippen molar-refractivity contribution in [2.24, 2.45) is 0 Å². The molecule has 0 saturated heterocycles. The summed E-state index contributed by atoms with van der Waals surface area (Å²) in [7, 11) is 0. The third-order valence-electron chi connectivity index (χ3n) is 1.16. The van der Waals surface area contributed by atoms with Crippen LogP contribution < -0.4 is 5.73 Å². The molecular weight excluding hydrogens is 134 g/mol. The Hall–Kier alpha value is -0.830. The van der Waals surface area contributed by atoms with Gasteiger partial charge in [0.15, 0.2) is 6.29 Å². The molecule has 1 aromatic rings. The molecule has 0 spiro atoms. The molecular formula is C6H7NOS. The van der Waals surface area contributed by atoms with Gasteiger partial charge in [-0.05, 0) is 17.9 Å². The van der Waals surface area contributed by atoms with Gasteiger partial charge in [0.25, 0.3) is 0 Å². The molecule has 0 radical (unpaired) electrons. The number of carbonyl (C=O) groups is 1. The molecule has 0 atom stereocenters. The minimum absolute atomic E-state index is 0.620. The zero-order valence-corrected chi connectivity index (χ0v) is 5.87. The molecule has 1 aromatic heterocycles. The van der Waals surface area contributed by atoms with Crippen molar-refractivity contribution in [2.75, 3.05) is 5.73 Å². The minimum Gasteiger partial charge on any atom is -0.397 e. The van der Waals surface area contributed by atoms with E-state index < -0.39 is 0 Å². The fourth-order valence-electron chi connectivity index (χ4n) is 0.564. The van der Waals surface area contributed by atoms with E-state index in [-0.39, 0.29) is 0 Å². The van der Waals surface area contributed by atoms with Crippen molar-refractivity contribution >= 4 is 23.3 Å². The van der Waals surface area contributed by atoms with E-state index in [0.29, 0.717) is 10.6 Å². The largest absolute Gasteiger partial charge is 0.397 e. The first-order valence-electron chi connectivity index (χ1n) is 2.54. The van der Waals surface area contributed by atoms with E-state index in [4.69, 9.17) is 5.73 Å². The van der Waals surface area contributed by atoms with Crippen LogP contribution in [-0.4, -0.2) is 6.29 Å². The number of aldehydes is 1. The summed E-state index contributed by atoms with van der Waals surface area (Å²) in [6.45, 7) is 1.89. The average molecular weight is 141 g/mol. The van der Waals surface area contributed by atoms with Crippen molar-refractivity contribution in [1.29, 1.82) is 0 Å². The maximum atomic E-state index is 10.2. The molecule has 48 valence electrons. The van der Waals surface area contributed by atoms with Crippen molar-refractivity contribution in [3.05, 3.63) is 15.8 Å². The van der Waals surface area contributed by atoms with E-state index >= 15 is 0 Å². The fourth-order valence-corrected chi connectivity index (χ4v) is 1.34. The molecule has 0 aliphatic carbocycles. The number of rotatable bonds is 1. The quantitative estimate of drug-likeness (QED) is 0.601. The van der Waals surface area contributed by atoms with E-state index in [1.807, 2.05) is 12.3 Å². The van der Waals surface area contributed by atoms with Gasteiger partial charge in [0, 0.05) is 0 Å². The van der Waals surface area contributed by atoms with E-state index in [1.165, 1.54) is 11.3 Å². The summed E-state index contributed by atoms with van der Waals surface area (Å²) >= 11 is 1.38. The second-order valence-corrected chi connectivity index (χ2v) is 2.73. The Kier molecular flexibility index (Phi) is 1.53. The Morgan fingerprint density at radius 3 is 2.67 bits per heavy atom. The highest BCUT2D eigenvalue weighted by Gasteiger charge is 2.01. The zero-order chi connectivity index (χ0) is 6.85. The molecule has 0 aromatic carbocycles. The Balaban J connectivity index is 3.18. The van der Waals surface area contributed by atoms with Gasteiger partial charge in [-0.3, -0.25) is 4.79 Å². The van der Waals surface area contributed by atoms with Gasteiger partial charge < -0.3 is 5.73 Å². The number of hydrogen-bond donors (Lipinski definition) is 1. The van der Waals surface area contributed by atoms with Crippen LogP contribution in [0.25, 0.3) is 0 Å². The molecule has 2 nitrogen and oxygen atoms in total. The van der Waals surface area contributed by atoms with Gasteiger partial charge in [-0.15, -0.1) is 11.3 Å². The van der Waals surface area contributed by atoms with Crippen LogP contribution in [0.15, 0.2) is 5.38 Å². The molecule has 0 bridgehead atoms. The van der Waals surface area contributed by atoms with Gasteiger partial charge in [0.1, 0.15) is 0 Å². The SMILES string of the molecule is Cc1csc(C=O)c1N. The summed E-state index contributed by atoms with van der Waals surface area (Å²) in [5.74, 6) is 0. The van der Waals surface area contributed by atoms with E-state index in [0.717, 1.165) is 11.8 Å². The number of carbonyl (C=O) groups excluding carboxylic acids is 1. The summed E-state index contributed by atoms with van der Waals surface area (Å²) < 4.78 is 0. The number of nitrogen functional groups attached to an aromatic ring is 1. The number of anilines is 1. The van der Waals surface area contributed by atoms with Crippen LogP contribution in [0.2, 0.25) is 0 Å². The van der Waals surface area contributed by atoms with Gasteiger partial charge in [-0.2, -0.15) is 0 Å². The fraction of sp³-hybridized carbons (Fsp3) is 0.167. The summed E-state index contributed by atoms with van der Waals surface area (Å²) in [6, 6.07) is 0. The average Bonchev–Trinajstić information content (AvgIpc) is 2.15. The molecule has 0 fully saturated rings. The third kappa shape index (κ3) is 0.954. The maximum absolute atomic E-state index is 10.2. The van der Waals surface area contributed by atoms with Crippen LogP contribution in [0.4, 0.5) is 5.69 Å². The predicted octanol–water partition coefficient (Wildman–Crippen LogP) is 1.45. The van der Waals surface area contributed by atoms with Crippen LogP contribution in [-0.2, 0) is 0 Å². The summed E-state index contributed by atoms with van der Waals surface area (Å²) in [5, 5.41) is 1.87. The van der Waals surface area contributed by atoms with Crippen molar-refractivity contribution in [1.82, 2.24) is 0 Å². The number of aryl methyl sites for hydroxylation is 1. The van der Waals surface area contributed by atoms with Gasteiger partial charge in [-0.1, -0.05) is 0 Å². The van der Waals surface area contributed by atoms with E-state index in [1.54, 1.807) is 0 Å². The number of thiophene rings is 1. The van der Waals surface area contributed by atoms with Crippen LogP contribution in [0.3, 0.4) is 0 Å². The normalized spacial score (nSPS) is 9.44. The molecule has 0 aliphatic rings. The summed E-state index contributed by atoms with van der Waals surface area (Å²) in [5.41, 5.74) is 7.10. The second kappa shape index (κ2) is 2.19. The van der Waals surface area contributed by atoms with Crippen molar-refractivity contribution in [3.63, 3.8) is 0 Å².